The van der Waals surface area contributed by atoms with Gasteiger partial charge >= 0.3 is 0 Å². The van der Waals surface area contributed by atoms with Crippen molar-refractivity contribution in [2.24, 2.45) is 0 Å². The van der Waals surface area contributed by atoms with Crippen LogP contribution in [-0.4, -0.2) is 52.8 Å². The Morgan fingerprint density at radius 1 is 1.04 bits per heavy atom. The molecule has 0 spiro atoms. The molecular weight excluding hydrogens is 352 g/mol. The topological polar surface area (TPSA) is 65.5 Å². The van der Waals surface area contributed by atoms with Gasteiger partial charge in [0.2, 0.25) is 5.91 Å². The van der Waals surface area contributed by atoms with Crippen LogP contribution in [0.2, 0.25) is 0 Å². The van der Waals surface area contributed by atoms with Crippen molar-refractivity contribution in [3.63, 3.8) is 0 Å². The van der Waals surface area contributed by atoms with E-state index in [9.17, 15) is 9.59 Å². The molecule has 0 aliphatic carbocycles. The van der Waals surface area contributed by atoms with Crippen molar-refractivity contribution in [2.45, 2.75) is 33.6 Å². The molecule has 1 aliphatic heterocycles. The van der Waals surface area contributed by atoms with E-state index in [2.05, 4.69) is 49.3 Å². The number of nitrogens with zero attached hydrogens (tertiary/aromatic N) is 3. The lowest BCUT2D eigenvalue weighted by Crippen LogP contribution is -2.50. The van der Waals surface area contributed by atoms with Crippen LogP contribution in [0.5, 0.6) is 0 Å². The highest BCUT2D eigenvalue weighted by Gasteiger charge is 2.23. The number of rotatable bonds is 4. The Kier molecular flexibility index (Phi) is 5.97. The number of carbonyl (C=O) groups excluding carboxylic acids is 2. The maximum absolute atomic E-state index is 12.7. The van der Waals surface area contributed by atoms with Gasteiger partial charge in [-0.3, -0.25) is 9.59 Å². The van der Waals surface area contributed by atoms with E-state index in [0.717, 1.165) is 11.3 Å². The molecule has 1 N–H and O–H groups in total. The van der Waals surface area contributed by atoms with Crippen LogP contribution in [0, 0.1) is 6.92 Å². The molecule has 6 nitrogen and oxygen atoms in total. The van der Waals surface area contributed by atoms with Crippen molar-refractivity contribution < 1.29 is 9.59 Å². The number of amides is 2. The van der Waals surface area contributed by atoms with E-state index in [1.165, 1.54) is 5.56 Å². The third-order valence-electron chi connectivity index (χ3n) is 5.20. The molecule has 1 saturated heterocycles. The van der Waals surface area contributed by atoms with Crippen molar-refractivity contribution in [2.75, 3.05) is 31.5 Å². The van der Waals surface area contributed by atoms with E-state index in [1.807, 2.05) is 12.1 Å². The third kappa shape index (κ3) is 4.32. The average Bonchev–Trinajstić information content (AvgIpc) is 2.69. The Morgan fingerprint density at radius 3 is 2.29 bits per heavy atom. The second-order valence-electron chi connectivity index (χ2n) is 7.55. The maximum atomic E-state index is 12.7. The molecule has 6 heteroatoms. The van der Waals surface area contributed by atoms with E-state index < -0.39 is 0 Å². The summed E-state index contributed by atoms with van der Waals surface area (Å²) in [5.74, 6) is 1.13. The van der Waals surface area contributed by atoms with Crippen LogP contribution in [0.25, 0.3) is 0 Å². The SMILES string of the molecule is CC(=O)N1CCN(C(=O)c2ccc(Nc3c(C)cccc3C(C)C)nc2)CC1. The first kappa shape index (κ1) is 19.9. The maximum Gasteiger partial charge on any atom is 0.255 e. The summed E-state index contributed by atoms with van der Waals surface area (Å²) in [4.78, 5) is 32.1. The van der Waals surface area contributed by atoms with Crippen LogP contribution in [0.3, 0.4) is 0 Å². The molecule has 0 radical (unpaired) electrons. The molecule has 2 heterocycles. The van der Waals surface area contributed by atoms with Gasteiger partial charge in [0.25, 0.3) is 5.91 Å². The number of aromatic nitrogens is 1. The third-order valence-corrected chi connectivity index (χ3v) is 5.20. The highest BCUT2D eigenvalue weighted by atomic mass is 16.2. The number of aryl methyl sites for hydroxylation is 1. The van der Waals surface area contributed by atoms with Crippen molar-refractivity contribution in [3.8, 4) is 0 Å². The lowest BCUT2D eigenvalue weighted by atomic mass is 9.98. The summed E-state index contributed by atoms with van der Waals surface area (Å²) < 4.78 is 0. The Balaban J connectivity index is 1.69. The van der Waals surface area contributed by atoms with Gasteiger partial charge in [0.05, 0.1) is 5.56 Å². The number of benzene rings is 1. The quantitative estimate of drug-likeness (QED) is 0.881. The molecule has 0 saturated carbocycles. The molecule has 2 aromatic rings. The molecule has 1 aromatic carbocycles. The number of carbonyl (C=O) groups is 2. The average molecular weight is 380 g/mol. The summed E-state index contributed by atoms with van der Waals surface area (Å²) >= 11 is 0. The molecule has 3 rings (SSSR count). The minimum Gasteiger partial charge on any atom is -0.340 e. The first-order chi connectivity index (χ1) is 13.4. The summed E-state index contributed by atoms with van der Waals surface area (Å²) in [6.45, 7) is 10.2. The second-order valence-corrected chi connectivity index (χ2v) is 7.55. The fourth-order valence-corrected chi connectivity index (χ4v) is 3.47. The minimum absolute atomic E-state index is 0.0407. The fourth-order valence-electron chi connectivity index (χ4n) is 3.47. The van der Waals surface area contributed by atoms with Crippen molar-refractivity contribution >= 4 is 23.3 Å². The lowest BCUT2D eigenvalue weighted by Gasteiger charge is -2.34. The standard InChI is InChI=1S/C22H28N4O2/c1-15(2)19-7-5-6-16(3)21(19)24-20-9-8-18(14-23-20)22(28)26-12-10-25(11-13-26)17(4)27/h5-9,14-15H,10-13H2,1-4H3,(H,23,24). The first-order valence-electron chi connectivity index (χ1n) is 9.74. The molecule has 1 fully saturated rings. The van der Waals surface area contributed by atoms with Crippen molar-refractivity contribution in [3.05, 3.63) is 53.2 Å². The van der Waals surface area contributed by atoms with Crippen LogP contribution in [0.15, 0.2) is 36.5 Å². The van der Waals surface area contributed by atoms with Gasteiger partial charge in [-0.1, -0.05) is 32.0 Å². The summed E-state index contributed by atoms with van der Waals surface area (Å²) in [6, 6.07) is 9.92. The summed E-state index contributed by atoms with van der Waals surface area (Å²) in [6.07, 6.45) is 1.62. The number of hydrogen-bond acceptors (Lipinski definition) is 4. The molecule has 0 unspecified atom stereocenters. The Hall–Kier alpha value is -2.89. The number of pyridine rings is 1. The summed E-state index contributed by atoms with van der Waals surface area (Å²) in [7, 11) is 0. The number of piperazine rings is 1. The molecule has 2 amide bonds. The Labute approximate surface area is 166 Å². The van der Waals surface area contributed by atoms with Gasteiger partial charge in [0.15, 0.2) is 0 Å². The van der Waals surface area contributed by atoms with Gasteiger partial charge in [-0.05, 0) is 36.1 Å². The minimum atomic E-state index is -0.0407. The van der Waals surface area contributed by atoms with Crippen LogP contribution in [-0.2, 0) is 4.79 Å². The second kappa shape index (κ2) is 8.42. The zero-order valence-electron chi connectivity index (χ0n) is 17.0. The number of anilines is 2. The van der Waals surface area contributed by atoms with E-state index in [-0.39, 0.29) is 11.8 Å². The first-order valence-corrected chi connectivity index (χ1v) is 9.74. The van der Waals surface area contributed by atoms with E-state index in [0.29, 0.717) is 43.5 Å². The van der Waals surface area contributed by atoms with Gasteiger partial charge < -0.3 is 15.1 Å². The Bertz CT molecular complexity index is 853. The highest BCUT2D eigenvalue weighted by Crippen LogP contribution is 2.29. The van der Waals surface area contributed by atoms with Gasteiger partial charge in [0, 0.05) is 45.0 Å². The van der Waals surface area contributed by atoms with Gasteiger partial charge in [-0.2, -0.15) is 0 Å². The number of para-hydroxylation sites is 1. The van der Waals surface area contributed by atoms with E-state index >= 15 is 0 Å². The van der Waals surface area contributed by atoms with Crippen molar-refractivity contribution in [1.29, 1.82) is 0 Å². The number of nitrogens with one attached hydrogen (secondary N) is 1. The van der Waals surface area contributed by atoms with Gasteiger partial charge in [0.1, 0.15) is 5.82 Å². The van der Waals surface area contributed by atoms with Gasteiger partial charge in [-0.25, -0.2) is 4.98 Å². The predicted octanol–water partition coefficient (Wildman–Crippen LogP) is 3.56. The molecule has 1 aliphatic rings. The van der Waals surface area contributed by atoms with Crippen LogP contribution >= 0.6 is 0 Å². The molecule has 28 heavy (non-hydrogen) atoms. The fraction of sp³-hybridized carbons (Fsp3) is 0.409. The van der Waals surface area contributed by atoms with Crippen molar-refractivity contribution in [1.82, 2.24) is 14.8 Å². The smallest absolute Gasteiger partial charge is 0.255 e. The molecular formula is C22H28N4O2. The molecule has 148 valence electrons. The lowest BCUT2D eigenvalue weighted by molar-refractivity contribution is -0.130. The zero-order valence-corrected chi connectivity index (χ0v) is 17.0. The summed E-state index contributed by atoms with van der Waals surface area (Å²) in [5, 5.41) is 3.41. The van der Waals surface area contributed by atoms with Crippen LogP contribution < -0.4 is 5.32 Å². The van der Waals surface area contributed by atoms with E-state index in [1.54, 1.807) is 22.9 Å². The monoisotopic (exact) mass is 380 g/mol. The van der Waals surface area contributed by atoms with Crippen LogP contribution in [0.4, 0.5) is 11.5 Å². The van der Waals surface area contributed by atoms with Crippen LogP contribution in [0.1, 0.15) is 48.2 Å². The largest absolute Gasteiger partial charge is 0.340 e. The highest BCUT2D eigenvalue weighted by molar-refractivity contribution is 5.94. The number of hydrogen-bond donors (Lipinski definition) is 1. The normalized spacial score (nSPS) is 14.3. The molecule has 0 atom stereocenters. The predicted molar refractivity (Wildman–Crippen MR) is 111 cm³/mol. The summed E-state index contributed by atoms with van der Waals surface area (Å²) in [5.41, 5.74) is 4.04. The molecule has 0 bridgehead atoms. The molecule has 1 aromatic heterocycles. The van der Waals surface area contributed by atoms with E-state index in [4.69, 9.17) is 0 Å². The zero-order chi connectivity index (χ0) is 20.3. The Morgan fingerprint density at radius 2 is 1.71 bits per heavy atom. The van der Waals surface area contributed by atoms with Gasteiger partial charge in [-0.15, -0.1) is 0 Å².